The number of anilines is 1. The van der Waals surface area contributed by atoms with E-state index in [1.54, 1.807) is 12.1 Å². The Morgan fingerprint density at radius 1 is 1.50 bits per heavy atom. The van der Waals surface area contributed by atoms with Crippen LogP contribution in [0.4, 0.5) is 10.1 Å². The molecule has 2 rings (SSSR count). The maximum absolute atomic E-state index is 14.3. The van der Waals surface area contributed by atoms with Gasteiger partial charge in [0.1, 0.15) is 4.99 Å². The van der Waals surface area contributed by atoms with Crippen LogP contribution in [0.3, 0.4) is 0 Å². The lowest BCUT2D eigenvalue weighted by Crippen LogP contribution is -2.29. The number of benzene rings is 1. The molecule has 0 spiro atoms. The van der Waals surface area contributed by atoms with E-state index in [4.69, 9.17) is 18.0 Å². The fourth-order valence-corrected chi connectivity index (χ4v) is 4.25. The number of hydrogen-bond donors (Lipinski definition) is 2. The predicted molar refractivity (Wildman–Crippen MR) is 93.2 cm³/mol. The van der Waals surface area contributed by atoms with Crippen molar-refractivity contribution < 1.29 is 4.39 Å². The monoisotopic (exact) mass is 376 g/mol. The Morgan fingerprint density at radius 3 is 2.90 bits per heavy atom. The molecule has 20 heavy (non-hydrogen) atoms. The van der Waals surface area contributed by atoms with Gasteiger partial charge in [0, 0.05) is 16.9 Å². The number of thiocarbonyl (C=S) groups is 1. The smallest absolute Gasteiger partial charge is 0.161 e. The highest BCUT2D eigenvalue weighted by atomic mass is 79.9. The van der Waals surface area contributed by atoms with Gasteiger partial charge in [0.05, 0.1) is 10.2 Å². The molecule has 1 aromatic carbocycles. The van der Waals surface area contributed by atoms with Crippen LogP contribution in [-0.2, 0) is 0 Å². The van der Waals surface area contributed by atoms with Crippen molar-refractivity contribution >= 4 is 50.6 Å². The van der Waals surface area contributed by atoms with E-state index in [0.717, 1.165) is 12.8 Å². The number of hydrogen-bond acceptors (Lipinski definition) is 3. The van der Waals surface area contributed by atoms with Gasteiger partial charge < -0.3 is 11.1 Å². The van der Waals surface area contributed by atoms with Crippen LogP contribution in [0.1, 0.15) is 31.2 Å². The molecule has 6 heteroatoms. The minimum Gasteiger partial charge on any atom is -0.389 e. The van der Waals surface area contributed by atoms with Gasteiger partial charge in [0.25, 0.3) is 0 Å². The average molecular weight is 377 g/mol. The zero-order valence-corrected chi connectivity index (χ0v) is 14.5. The molecule has 0 amide bonds. The maximum atomic E-state index is 14.3. The van der Waals surface area contributed by atoms with E-state index in [9.17, 15) is 4.39 Å². The van der Waals surface area contributed by atoms with Crippen molar-refractivity contribution in [3.05, 3.63) is 28.0 Å². The molecule has 1 aliphatic rings. The van der Waals surface area contributed by atoms with Crippen molar-refractivity contribution in [2.45, 2.75) is 37.0 Å². The Bertz CT molecular complexity index is 510. The number of halogens is 2. The molecule has 0 radical (unpaired) electrons. The summed E-state index contributed by atoms with van der Waals surface area (Å²) >= 11 is 10.0. The largest absolute Gasteiger partial charge is 0.389 e. The fourth-order valence-electron chi connectivity index (χ4n) is 2.56. The quantitative estimate of drug-likeness (QED) is 0.767. The molecule has 2 unspecified atom stereocenters. The minimum atomic E-state index is -0.318. The molecule has 1 aliphatic carbocycles. The van der Waals surface area contributed by atoms with Crippen LogP contribution in [0.25, 0.3) is 0 Å². The molecule has 2 nitrogen and oxygen atoms in total. The van der Waals surface area contributed by atoms with Crippen LogP contribution < -0.4 is 11.1 Å². The molecule has 1 fully saturated rings. The van der Waals surface area contributed by atoms with Crippen molar-refractivity contribution in [2.24, 2.45) is 5.73 Å². The molecule has 1 saturated carbocycles. The van der Waals surface area contributed by atoms with E-state index in [1.165, 1.54) is 12.8 Å². The summed E-state index contributed by atoms with van der Waals surface area (Å²) in [5.41, 5.74) is 6.62. The van der Waals surface area contributed by atoms with Crippen LogP contribution in [-0.4, -0.2) is 22.5 Å². The molecule has 0 heterocycles. The van der Waals surface area contributed by atoms with Crippen molar-refractivity contribution in [2.75, 3.05) is 11.6 Å². The van der Waals surface area contributed by atoms with E-state index in [-0.39, 0.29) is 10.8 Å². The first-order valence-corrected chi connectivity index (χ1v) is 9.09. The molecular formula is C14H18BrFN2S2. The SMILES string of the molecule is CSC1CCCC(Nc2ccc(C(N)=S)c(Br)c2F)C1. The van der Waals surface area contributed by atoms with Gasteiger partial charge in [-0.1, -0.05) is 18.6 Å². The molecule has 0 saturated heterocycles. The Hall–Kier alpha value is -0.330. The molecule has 0 bridgehead atoms. The van der Waals surface area contributed by atoms with Crippen molar-refractivity contribution in [1.82, 2.24) is 0 Å². The van der Waals surface area contributed by atoms with Crippen LogP contribution in [0.15, 0.2) is 16.6 Å². The van der Waals surface area contributed by atoms with Gasteiger partial charge in [-0.3, -0.25) is 0 Å². The van der Waals surface area contributed by atoms with Gasteiger partial charge in [-0.25, -0.2) is 4.39 Å². The second-order valence-corrected chi connectivity index (χ2v) is 7.39. The average Bonchev–Trinajstić information content (AvgIpc) is 2.44. The number of nitrogens with two attached hydrogens (primary N) is 1. The fraction of sp³-hybridized carbons (Fsp3) is 0.500. The molecule has 110 valence electrons. The van der Waals surface area contributed by atoms with Gasteiger partial charge >= 0.3 is 0 Å². The van der Waals surface area contributed by atoms with Crippen LogP contribution in [0, 0.1) is 5.82 Å². The summed E-state index contributed by atoms with van der Waals surface area (Å²) in [5, 5.41) is 3.99. The second kappa shape index (κ2) is 7.09. The lowest BCUT2D eigenvalue weighted by Gasteiger charge is -2.29. The highest BCUT2D eigenvalue weighted by Crippen LogP contribution is 2.32. The molecule has 0 aliphatic heterocycles. The number of thioether (sulfide) groups is 1. The standard InChI is InChI=1S/C14H18BrFN2S2/c1-20-9-4-2-3-8(7-9)18-11-6-5-10(14(17)19)12(15)13(11)16/h5-6,8-9,18H,2-4,7H2,1H3,(H2,17,19). The summed E-state index contributed by atoms with van der Waals surface area (Å²) in [6, 6.07) is 3.81. The van der Waals surface area contributed by atoms with E-state index < -0.39 is 0 Å². The summed E-state index contributed by atoms with van der Waals surface area (Å²) in [6.07, 6.45) is 6.75. The molecule has 3 N–H and O–H groups in total. The van der Waals surface area contributed by atoms with Crippen LogP contribution >= 0.6 is 39.9 Å². The van der Waals surface area contributed by atoms with E-state index in [1.807, 2.05) is 11.8 Å². The number of nitrogens with one attached hydrogen (secondary N) is 1. The topological polar surface area (TPSA) is 38.0 Å². The molecule has 1 aromatic rings. The summed E-state index contributed by atoms with van der Waals surface area (Å²) in [7, 11) is 0. The maximum Gasteiger partial charge on any atom is 0.161 e. The lowest BCUT2D eigenvalue weighted by atomic mass is 9.94. The van der Waals surface area contributed by atoms with Crippen LogP contribution in [0.5, 0.6) is 0 Å². The Labute approximate surface area is 137 Å². The normalized spacial score (nSPS) is 22.6. The third-order valence-corrected chi connectivity index (χ3v) is 5.76. The van der Waals surface area contributed by atoms with Gasteiger partial charge in [-0.15, -0.1) is 0 Å². The van der Waals surface area contributed by atoms with Crippen LogP contribution in [0.2, 0.25) is 0 Å². The molecular weight excluding hydrogens is 359 g/mol. The Balaban J connectivity index is 2.14. The first kappa shape index (κ1) is 16.0. The first-order chi connectivity index (χ1) is 9.52. The summed E-state index contributed by atoms with van der Waals surface area (Å²) < 4.78 is 14.7. The van der Waals surface area contributed by atoms with Crippen molar-refractivity contribution in [3.63, 3.8) is 0 Å². The Morgan fingerprint density at radius 2 is 2.25 bits per heavy atom. The molecule has 0 aromatic heterocycles. The minimum absolute atomic E-state index is 0.197. The lowest BCUT2D eigenvalue weighted by molar-refractivity contribution is 0.471. The highest BCUT2D eigenvalue weighted by Gasteiger charge is 2.22. The van der Waals surface area contributed by atoms with E-state index in [2.05, 4.69) is 27.5 Å². The zero-order chi connectivity index (χ0) is 14.7. The van der Waals surface area contributed by atoms with E-state index >= 15 is 0 Å². The van der Waals surface area contributed by atoms with Gasteiger partial charge in [-0.05, 0) is 53.6 Å². The molecule has 2 atom stereocenters. The summed E-state index contributed by atoms with van der Waals surface area (Å²) in [5.74, 6) is -0.318. The summed E-state index contributed by atoms with van der Waals surface area (Å²) in [4.78, 5) is 0.197. The van der Waals surface area contributed by atoms with Gasteiger partial charge in [0.2, 0.25) is 0 Å². The first-order valence-electron chi connectivity index (χ1n) is 6.60. The van der Waals surface area contributed by atoms with Gasteiger partial charge in [0.15, 0.2) is 5.82 Å². The van der Waals surface area contributed by atoms with Crippen molar-refractivity contribution in [3.8, 4) is 0 Å². The second-order valence-electron chi connectivity index (χ2n) is 5.02. The van der Waals surface area contributed by atoms with E-state index in [0.29, 0.717) is 27.0 Å². The zero-order valence-electron chi connectivity index (χ0n) is 11.3. The number of rotatable bonds is 4. The predicted octanol–water partition coefficient (Wildman–Crippen LogP) is 4.31. The van der Waals surface area contributed by atoms with Crippen molar-refractivity contribution in [1.29, 1.82) is 0 Å². The summed E-state index contributed by atoms with van der Waals surface area (Å²) in [6.45, 7) is 0. The Kier molecular flexibility index (Phi) is 5.69. The van der Waals surface area contributed by atoms with Gasteiger partial charge in [-0.2, -0.15) is 11.8 Å². The third-order valence-electron chi connectivity index (χ3n) is 3.67. The highest BCUT2D eigenvalue weighted by molar-refractivity contribution is 9.10. The third kappa shape index (κ3) is 3.65.